The van der Waals surface area contributed by atoms with Crippen molar-refractivity contribution in [1.82, 2.24) is 9.88 Å². The second-order valence-electron chi connectivity index (χ2n) is 5.34. The maximum atomic E-state index is 12.5. The lowest BCUT2D eigenvalue weighted by Crippen LogP contribution is -2.32. The number of hydrogen-bond acceptors (Lipinski definition) is 2. The number of aromatic amines is 1. The number of H-pyrrole nitrogens is 1. The molecule has 1 fully saturated rings. The van der Waals surface area contributed by atoms with Crippen molar-refractivity contribution in [2.75, 3.05) is 20.2 Å². The Kier molecular flexibility index (Phi) is 3.63. The molecule has 0 atom stereocenters. The first kappa shape index (κ1) is 13.0. The molecule has 2 heterocycles. The Morgan fingerprint density at radius 2 is 1.90 bits per heavy atom. The topological polar surface area (TPSA) is 45.3 Å². The van der Waals surface area contributed by atoms with E-state index in [0.717, 1.165) is 42.6 Å². The fourth-order valence-electron chi connectivity index (χ4n) is 2.79. The lowest BCUT2D eigenvalue weighted by atomic mass is 10.2. The van der Waals surface area contributed by atoms with Crippen LogP contribution in [0.25, 0.3) is 10.9 Å². The Hall–Kier alpha value is -1.97. The number of benzene rings is 1. The minimum atomic E-state index is 0.113. The molecule has 1 aromatic carbocycles. The number of likely N-dealkylation sites (tertiary alicyclic amines) is 1. The van der Waals surface area contributed by atoms with E-state index in [9.17, 15) is 4.79 Å². The summed E-state index contributed by atoms with van der Waals surface area (Å²) in [6.07, 6.45) is 4.68. The molecule has 1 aliphatic heterocycles. The zero-order valence-electron chi connectivity index (χ0n) is 11.8. The van der Waals surface area contributed by atoms with Gasteiger partial charge < -0.3 is 14.6 Å². The molecule has 106 valence electrons. The third kappa shape index (κ3) is 2.50. The highest BCUT2D eigenvalue weighted by Crippen LogP contribution is 2.22. The van der Waals surface area contributed by atoms with Crippen LogP contribution in [0, 0.1) is 0 Å². The van der Waals surface area contributed by atoms with Crippen molar-refractivity contribution in [1.29, 1.82) is 0 Å². The molecule has 1 saturated heterocycles. The van der Waals surface area contributed by atoms with Crippen LogP contribution in [0.3, 0.4) is 0 Å². The van der Waals surface area contributed by atoms with Gasteiger partial charge in [0.2, 0.25) is 0 Å². The molecule has 1 N–H and O–H groups in total. The van der Waals surface area contributed by atoms with Gasteiger partial charge in [0.1, 0.15) is 11.4 Å². The van der Waals surface area contributed by atoms with Crippen LogP contribution < -0.4 is 4.74 Å². The molecule has 0 aliphatic carbocycles. The molecule has 2 aromatic rings. The van der Waals surface area contributed by atoms with Gasteiger partial charge >= 0.3 is 0 Å². The summed E-state index contributed by atoms with van der Waals surface area (Å²) in [4.78, 5) is 17.7. The molecule has 20 heavy (non-hydrogen) atoms. The van der Waals surface area contributed by atoms with Gasteiger partial charge in [0.05, 0.1) is 7.11 Å². The van der Waals surface area contributed by atoms with Crippen LogP contribution in [-0.2, 0) is 0 Å². The molecule has 0 bridgehead atoms. The number of hydrogen-bond donors (Lipinski definition) is 1. The molecule has 0 radical (unpaired) electrons. The van der Waals surface area contributed by atoms with Gasteiger partial charge in [-0.3, -0.25) is 4.79 Å². The highest BCUT2D eigenvalue weighted by atomic mass is 16.5. The highest BCUT2D eigenvalue weighted by Gasteiger charge is 2.19. The Morgan fingerprint density at radius 3 is 2.60 bits per heavy atom. The summed E-state index contributed by atoms with van der Waals surface area (Å²) in [5.74, 6) is 0.912. The largest absolute Gasteiger partial charge is 0.497 e. The number of nitrogens with one attached hydrogen (secondary N) is 1. The number of fused-ring (bicyclic) bond motifs is 1. The summed E-state index contributed by atoms with van der Waals surface area (Å²) in [5.41, 5.74) is 1.62. The van der Waals surface area contributed by atoms with Crippen molar-refractivity contribution in [3.05, 3.63) is 30.0 Å². The summed E-state index contributed by atoms with van der Waals surface area (Å²) in [7, 11) is 1.65. The van der Waals surface area contributed by atoms with E-state index in [4.69, 9.17) is 4.74 Å². The van der Waals surface area contributed by atoms with E-state index in [0.29, 0.717) is 5.69 Å². The predicted molar refractivity (Wildman–Crippen MR) is 79.2 cm³/mol. The van der Waals surface area contributed by atoms with E-state index in [1.54, 1.807) is 7.11 Å². The standard InChI is InChI=1S/C16H20N2O2/c1-20-13-7-6-12-10-15(17-14(12)11-13)16(19)18-8-4-2-3-5-9-18/h6-7,10-11,17H,2-5,8-9H2,1H3. The Labute approximate surface area is 118 Å². The lowest BCUT2D eigenvalue weighted by Gasteiger charge is -2.19. The van der Waals surface area contributed by atoms with Crippen molar-refractivity contribution in [3.8, 4) is 5.75 Å². The van der Waals surface area contributed by atoms with Gasteiger partial charge in [-0.05, 0) is 31.0 Å². The predicted octanol–water partition coefficient (Wildman–Crippen LogP) is 3.19. The molecule has 0 saturated carbocycles. The summed E-state index contributed by atoms with van der Waals surface area (Å²) in [6.45, 7) is 1.75. The summed E-state index contributed by atoms with van der Waals surface area (Å²) in [5, 5.41) is 1.05. The number of methoxy groups -OCH3 is 1. The van der Waals surface area contributed by atoms with Crippen molar-refractivity contribution >= 4 is 16.8 Å². The molecular formula is C16H20N2O2. The number of rotatable bonds is 2. The average Bonchev–Trinajstić information content (AvgIpc) is 2.71. The second-order valence-corrected chi connectivity index (χ2v) is 5.34. The molecule has 0 unspecified atom stereocenters. The van der Waals surface area contributed by atoms with Crippen molar-refractivity contribution in [2.45, 2.75) is 25.7 Å². The fraction of sp³-hybridized carbons (Fsp3) is 0.438. The number of aromatic nitrogens is 1. The fourth-order valence-corrected chi connectivity index (χ4v) is 2.79. The van der Waals surface area contributed by atoms with E-state index in [1.165, 1.54) is 12.8 Å². The van der Waals surface area contributed by atoms with Crippen LogP contribution in [0.1, 0.15) is 36.2 Å². The van der Waals surface area contributed by atoms with Crippen LogP contribution in [0.15, 0.2) is 24.3 Å². The molecule has 1 amide bonds. The van der Waals surface area contributed by atoms with E-state index >= 15 is 0 Å². The first-order valence-electron chi connectivity index (χ1n) is 7.24. The van der Waals surface area contributed by atoms with E-state index in [1.807, 2.05) is 29.2 Å². The highest BCUT2D eigenvalue weighted by molar-refractivity contribution is 5.98. The zero-order valence-corrected chi connectivity index (χ0v) is 11.8. The van der Waals surface area contributed by atoms with Crippen molar-refractivity contribution in [2.24, 2.45) is 0 Å². The van der Waals surface area contributed by atoms with Crippen LogP contribution >= 0.6 is 0 Å². The Morgan fingerprint density at radius 1 is 1.15 bits per heavy atom. The molecule has 3 rings (SSSR count). The quantitative estimate of drug-likeness (QED) is 0.912. The van der Waals surface area contributed by atoms with E-state index in [-0.39, 0.29) is 5.91 Å². The lowest BCUT2D eigenvalue weighted by molar-refractivity contribution is 0.0756. The van der Waals surface area contributed by atoms with Gasteiger partial charge in [-0.15, -0.1) is 0 Å². The number of carbonyl (C=O) groups is 1. The van der Waals surface area contributed by atoms with Crippen molar-refractivity contribution in [3.63, 3.8) is 0 Å². The molecular weight excluding hydrogens is 252 g/mol. The average molecular weight is 272 g/mol. The molecule has 4 nitrogen and oxygen atoms in total. The van der Waals surface area contributed by atoms with Gasteiger partial charge in [0.25, 0.3) is 5.91 Å². The summed E-state index contributed by atoms with van der Waals surface area (Å²) < 4.78 is 5.21. The molecule has 4 heteroatoms. The zero-order chi connectivity index (χ0) is 13.9. The number of ether oxygens (including phenoxy) is 1. The Balaban J connectivity index is 1.87. The third-order valence-electron chi connectivity index (χ3n) is 3.95. The first-order valence-corrected chi connectivity index (χ1v) is 7.24. The Bertz CT molecular complexity index is 610. The van der Waals surface area contributed by atoms with E-state index in [2.05, 4.69) is 4.98 Å². The molecule has 1 aliphatic rings. The van der Waals surface area contributed by atoms with Crippen LogP contribution in [0.2, 0.25) is 0 Å². The van der Waals surface area contributed by atoms with Gasteiger partial charge in [0.15, 0.2) is 0 Å². The van der Waals surface area contributed by atoms with Crippen LogP contribution in [-0.4, -0.2) is 36.0 Å². The van der Waals surface area contributed by atoms with Crippen molar-refractivity contribution < 1.29 is 9.53 Å². The molecule has 0 spiro atoms. The first-order chi connectivity index (χ1) is 9.78. The number of nitrogens with zero attached hydrogens (tertiary/aromatic N) is 1. The smallest absolute Gasteiger partial charge is 0.270 e. The summed E-state index contributed by atoms with van der Waals surface area (Å²) in [6, 6.07) is 7.75. The van der Waals surface area contributed by atoms with Crippen LogP contribution in [0.4, 0.5) is 0 Å². The SMILES string of the molecule is COc1ccc2cc(C(=O)N3CCCCCC3)[nH]c2c1. The monoisotopic (exact) mass is 272 g/mol. The third-order valence-corrected chi connectivity index (χ3v) is 3.95. The van der Waals surface area contributed by atoms with Gasteiger partial charge in [0, 0.05) is 30.1 Å². The minimum absolute atomic E-state index is 0.113. The molecule has 1 aromatic heterocycles. The van der Waals surface area contributed by atoms with Gasteiger partial charge in [-0.25, -0.2) is 0 Å². The number of carbonyl (C=O) groups excluding carboxylic acids is 1. The minimum Gasteiger partial charge on any atom is -0.497 e. The van der Waals surface area contributed by atoms with Crippen LogP contribution in [0.5, 0.6) is 5.75 Å². The maximum Gasteiger partial charge on any atom is 0.270 e. The normalized spacial score (nSPS) is 16.1. The second kappa shape index (κ2) is 5.57. The summed E-state index contributed by atoms with van der Waals surface area (Å²) >= 11 is 0. The number of amides is 1. The van der Waals surface area contributed by atoms with E-state index < -0.39 is 0 Å². The van der Waals surface area contributed by atoms with Gasteiger partial charge in [-0.1, -0.05) is 12.8 Å². The maximum absolute atomic E-state index is 12.5. The van der Waals surface area contributed by atoms with Gasteiger partial charge in [-0.2, -0.15) is 0 Å².